The number of aliphatic imine (C=N–C) groups is 1. The number of rotatable bonds is 7. The largest absolute Gasteiger partial charge is 0.388 e. The van der Waals surface area contributed by atoms with E-state index in [1.165, 1.54) is 11.1 Å². The number of guanidine groups is 1. The molecule has 3 rings (SSSR count). The van der Waals surface area contributed by atoms with Gasteiger partial charge in [0.2, 0.25) is 0 Å². The average molecular weight is 479 g/mol. The van der Waals surface area contributed by atoms with Gasteiger partial charge in [0.1, 0.15) is 0 Å². The first kappa shape index (κ1) is 21.7. The second kappa shape index (κ2) is 10.7. The molecule has 1 aliphatic rings. The first-order chi connectivity index (χ1) is 12.7. The summed E-state index contributed by atoms with van der Waals surface area (Å²) in [5.41, 5.74) is 1.96. The highest BCUT2D eigenvalue weighted by molar-refractivity contribution is 14.0. The van der Waals surface area contributed by atoms with Crippen molar-refractivity contribution in [2.45, 2.75) is 37.7 Å². The van der Waals surface area contributed by atoms with E-state index in [4.69, 9.17) is 0 Å². The molecule has 5 heteroatoms. The molecule has 4 nitrogen and oxygen atoms in total. The summed E-state index contributed by atoms with van der Waals surface area (Å²) in [6.45, 7) is 4.06. The second-order valence-corrected chi connectivity index (χ2v) is 7.03. The molecule has 0 spiro atoms. The number of halogens is 1. The van der Waals surface area contributed by atoms with Crippen molar-refractivity contribution in [1.82, 2.24) is 10.6 Å². The van der Waals surface area contributed by atoms with E-state index in [1.807, 2.05) is 12.1 Å². The summed E-state index contributed by atoms with van der Waals surface area (Å²) in [5.74, 6) is 1.01. The molecule has 2 aromatic rings. The lowest BCUT2D eigenvalue weighted by Gasteiger charge is -2.35. The van der Waals surface area contributed by atoms with Gasteiger partial charge in [-0.2, -0.15) is 0 Å². The average Bonchev–Trinajstić information content (AvgIpc) is 2.66. The minimum absolute atomic E-state index is 0. The van der Waals surface area contributed by atoms with Crippen molar-refractivity contribution < 1.29 is 5.11 Å². The quantitative estimate of drug-likeness (QED) is 0.321. The predicted octanol–water partition coefficient (Wildman–Crippen LogP) is 3.91. The standard InChI is InChI=1S/C22H29N3O.HI/c1-2-23-21(25-17-22(26)14-9-15-22)24-16-20(18-10-5-3-6-11-18)19-12-7-4-8-13-19;/h3-8,10-13,20,26H,2,9,14-17H2,1H3,(H2,23,24,25);1H. The Balaban J connectivity index is 0.00000261. The molecule has 0 bridgehead atoms. The fraction of sp³-hybridized carbons (Fsp3) is 0.409. The van der Waals surface area contributed by atoms with Gasteiger partial charge in [0.25, 0.3) is 0 Å². The molecule has 0 unspecified atom stereocenters. The molecule has 0 heterocycles. The number of hydrogen-bond donors (Lipinski definition) is 3. The summed E-state index contributed by atoms with van der Waals surface area (Å²) in [6.07, 6.45) is 2.80. The van der Waals surface area contributed by atoms with Gasteiger partial charge < -0.3 is 15.7 Å². The fourth-order valence-electron chi connectivity index (χ4n) is 3.31. The van der Waals surface area contributed by atoms with E-state index in [9.17, 15) is 5.11 Å². The minimum Gasteiger partial charge on any atom is -0.388 e. The van der Waals surface area contributed by atoms with Crippen molar-refractivity contribution in [1.29, 1.82) is 0 Å². The Labute approximate surface area is 179 Å². The van der Waals surface area contributed by atoms with Crippen LogP contribution in [0, 0.1) is 0 Å². The van der Waals surface area contributed by atoms with Crippen molar-refractivity contribution in [3.63, 3.8) is 0 Å². The Hall–Kier alpha value is -1.60. The van der Waals surface area contributed by atoms with Crippen LogP contribution in [0.4, 0.5) is 0 Å². The molecular formula is C22H30IN3O. The van der Waals surface area contributed by atoms with Crippen LogP contribution in [0.2, 0.25) is 0 Å². The SMILES string of the molecule is CCNC(=NCC1(O)CCC1)NCC(c1ccccc1)c1ccccc1.I. The molecule has 2 aromatic carbocycles. The Kier molecular flexibility index (Phi) is 8.57. The van der Waals surface area contributed by atoms with E-state index < -0.39 is 5.60 Å². The van der Waals surface area contributed by atoms with Gasteiger partial charge in [-0.1, -0.05) is 60.7 Å². The highest BCUT2D eigenvalue weighted by atomic mass is 127. The summed E-state index contributed by atoms with van der Waals surface area (Å²) >= 11 is 0. The van der Waals surface area contributed by atoms with Gasteiger partial charge in [0.15, 0.2) is 5.96 Å². The van der Waals surface area contributed by atoms with E-state index in [-0.39, 0.29) is 29.9 Å². The van der Waals surface area contributed by atoms with Crippen molar-refractivity contribution in [2.24, 2.45) is 4.99 Å². The molecule has 0 aliphatic heterocycles. The first-order valence-corrected chi connectivity index (χ1v) is 9.55. The minimum atomic E-state index is -0.597. The third kappa shape index (κ3) is 6.21. The van der Waals surface area contributed by atoms with E-state index in [1.54, 1.807) is 0 Å². The Morgan fingerprint density at radius 2 is 1.56 bits per heavy atom. The zero-order valence-corrected chi connectivity index (χ0v) is 18.2. The summed E-state index contributed by atoms with van der Waals surface area (Å²) in [7, 11) is 0. The van der Waals surface area contributed by atoms with Crippen LogP contribution in [0.25, 0.3) is 0 Å². The van der Waals surface area contributed by atoms with Crippen LogP contribution >= 0.6 is 24.0 Å². The third-order valence-corrected chi connectivity index (χ3v) is 5.04. The monoisotopic (exact) mass is 479 g/mol. The molecule has 1 fully saturated rings. The van der Waals surface area contributed by atoms with Crippen molar-refractivity contribution in [3.8, 4) is 0 Å². The fourth-order valence-corrected chi connectivity index (χ4v) is 3.31. The topological polar surface area (TPSA) is 56.7 Å². The number of nitrogens with zero attached hydrogens (tertiary/aromatic N) is 1. The van der Waals surface area contributed by atoms with Gasteiger partial charge in [-0.15, -0.1) is 24.0 Å². The summed E-state index contributed by atoms with van der Waals surface area (Å²) in [5, 5.41) is 17.1. The zero-order valence-electron chi connectivity index (χ0n) is 15.9. The third-order valence-electron chi connectivity index (χ3n) is 5.04. The molecule has 1 saturated carbocycles. The van der Waals surface area contributed by atoms with Gasteiger partial charge in [-0.05, 0) is 37.3 Å². The normalized spacial score (nSPS) is 15.6. The number of hydrogen-bond acceptors (Lipinski definition) is 2. The molecule has 27 heavy (non-hydrogen) atoms. The van der Waals surface area contributed by atoms with E-state index in [0.29, 0.717) is 6.54 Å². The Morgan fingerprint density at radius 3 is 2.00 bits per heavy atom. The molecular weight excluding hydrogens is 449 g/mol. The summed E-state index contributed by atoms with van der Waals surface area (Å²) < 4.78 is 0. The predicted molar refractivity (Wildman–Crippen MR) is 123 cm³/mol. The maximum atomic E-state index is 10.3. The van der Waals surface area contributed by atoms with Crippen molar-refractivity contribution >= 4 is 29.9 Å². The van der Waals surface area contributed by atoms with Crippen LogP contribution in [0.1, 0.15) is 43.2 Å². The van der Waals surface area contributed by atoms with Gasteiger partial charge >= 0.3 is 0 Å². The van der Waals surface area contributed by atoms with Gasteiger partial charge in [-0.25, -0.2) is 0 Å². The van der Waals surface area contributed by atoms with Gasteiger partial charge in [0, 0.05) is 19.0 Å². The van der Waals surface area contributed by atoms with Gasteiger partial charge in [-0.3, -0.25) is 4.99 Å². The van der Waals surface area contributed by atoms with Crippen LogP contribution in [0.15, 0.2) is 65.7 Å². The molecule has 0 amide bonds. The molecule has 3 N–H and O–H groups in total. The second-order valence-electron chi connectivity index (χ2n) is 7.03. The number of aliphatic hydroxyl groups is 1. The van der Waals surface area contributed by atoms with Crippen LogP contribution in [-0.2, 0) is 0 Å². The number of nitrogens with one attached hydrogen (secondary N) is 2. The summed E-state index contributed by atoms with van der Waals surface area (Å²) in [6, 6.07) is 21.1. The van der Waals surface area contributed by atoms with Crippen LogP contribution in [-0.4, -0.2) is 36.3 Å². The lowest BCUT2D eigenvalue weighted by Crippen LogP contribution is -2.44. The van der Waals surface area contributed by atoms with Crippen molar-refractivity contribution in [2.75, 3.05) is 19.6 Å². The maximum Gasteiger partial charge on any atom is 0.191 e. The zero-order chi connectivity index (χ0) is 18.2. The summed E-state index contributed by atoms with van der Waals surface area (Å²) in [4.78, 5) is 4.61. The Morgan fingerprint density at radius 1 is 1.00 bits per heavy atom. The highest BCUT2D eigenvalue weighted by Gasteiger charge is 2.34. The molecule has 0 atom stereocenters. The van der Waals surface area contributed by atoms with Gasteiger partial charge in [0.05, 0.1) is 12.1 Å². The van der Waals surface area contributed by atoms with Crippen LogP contribution in [0.3, 0.4) is 0 Å². The van der Waals surface area contributed by atoms with E-state index in [2.05, 4.69) is 71.1 Å². The lowest BCUT2D eigenvalue weighted by atomic mass is 9.80. The highest BCUT2D eigenvalue weighted by Crippen LogP contribution is 2.31. The smallest absolute Gasteiger partial charge is 0.191 e. The molecule has 1 aliphatic carbocycles. The molecule has 146 valence electrons. The number of benzene rings is 2. The van der Waals surface area contributed by atoms with E-state index >= 15 is 0 Å². The van der Waals surface area contributed by atoms with E-state index in [0.717, 1.165) is 38.3 Å². The molecule has 0 radical (unpaired) electrons. The van der Waals surface area contributed by atoms with Crippen molar-refractivity contribution in [3.05, 3.63) is 71.8 Å². The van der Waals surface area contributed by atoms with Crippen LogP contribution < -0.4 is 10.6 Å². The maximum absolute atomic E-state index is 10.3. The first-order valence-electron chi connectivity index (χ1n) is 9.55. The lowest BCUT2D eigenvalue weighted by molar-refractivity contribution is -0.0236. The van der Waals surface area contributed by atoms with Crippen LogP contribution in [0.5, 0.6) is 0 Å². The molecule has 0 saturated heterocycles. The molecule has 0 aromatic heterocycles. The Bertz CT molecular complexity index is 663.